The van der Waals surface area contributed by atoms with Gasteiger partial charge in [0, 0.05) is 29.3 Å². The normalized spacial score (nSPS) is 27.7. The summed E-state index contributed by atoms with van der Waals surface area (Å²) in [4.78, 5) is 7.65. The summed E-state index contributed by atoms with van der Waals surface area (Å²) in [6.45, 7) is 0. The molecule has 1 aliphatic rings. The molecular weight excluding hydrogens is 323 g/mol. The lowest BCUT2D eigenvalue weighted by Crippen LogP contribution is -2.50. The lowest BCUT2D eigenvalue weighted by molar-refractivity contribution is -0.0786. The molecule has 0 amide bonds. The average Bonchev–Trinajstić information content (AvgIpc) is 2.56. The molecule has 6 nitrogen and oxygen atoms in total. The van der Waals surface area contributed by atoms with Crippen molar-refractivity contribution < 1.29 is 24.4 Å². The monoisotopic (exact) mass is 338 g/mol. The van der Waals surface area contributed by atoms with Gasteiger partial charge in [0.05, 0.1) is 12.3 Å². The highest BCUT2D eigenvalue weighted by atomic mass is 32.2. The minimum absolute atomic E-state index is 0.262. The molecule has 3 N–H and O–H groups in total. The number of ether oxygens (including phenoxy) is 1. The zero-order valence-corrected chi connectivity index (χ0v) is 12.7. The maximum Gasteiger partial charge on any atom is 0.212 e. The summed E-state index contributed by atoms with van der Waals surface area (Å²) >= 11 is 1.21. The van der Waals surface area contributed by atoms with Crippen molar-refractivity contribution in [1.82, 2.24) is 9.97 Å². The summed E-state index contributed by atoms with van der Waals surface area (Å²) in [5.41, 5.74) is 0.652. The van der Waals surface area contributed by atoms with E-state index < -0.39 is 29.7 Å². The Bertz CT molecular complexity index is 673. The molecule has 8 heteroatoms. The van der Waals surface area contributed by atoms with E-state index in [9.17, 15) is 19.7 Å². The first kappa shape index (κ1) is 16.1. The molecule has 0 aliphatic carbocycles. The standard InChI is InChI=1S/C15H15FN2O4S/c16-12-2-1-8(5-18-12)9-3-10(6-17-4-9)22-15-14(21)13(20)11(19)7-23-15/h1-6,11,13-15,19-21H,7H2/t11-,13+,14-,15-/m1/s1. The van der Waals surface area contributed by atoms with Crippen LogP contribution in [0.15, 0.2) is 36.8 Å². The molecule has 23 heavy (non-hydrogen) atoms. The van der Waals surface area contributed by atoms with Gasteiger partial charge in [-0.25, -0.2) is 4.98 Å². The molecule has 2 aromatic rings. The molecule has 0 aromatic carbocycles. The first-order valence-corrected chi connectivity index (χ1v) is 7.99. The SMILES string of the molecule is O[C@@H]1[C@@H](O)[C@H](Oc2cncc(-c3ccc(F)nc3)c2)SC[C@H]1O. The van der Waals surface area contributed by atoms with Crippen LogP contribution < -0.4 is 4.74 Å². The number of hydrogen-bond acceptors (Lipinski definition) is 7. The number of aromatic nitrogens is 2. The van der Waals surface area contributed by atoms with Gasteiger partial charge in [-0.05, 0) is 18.2 Å². The Labute approximate surface area is 136 Å². The van der Waals surface area contributed by atoms with Crippen LogP contribution in [0.1, 0.15) is 0 Å². The lowest BCUT2D eigenvalue weighted by atomic mass is 10.1. The van der Waals surface area contributed by atoms with Gasteiger partial charge in [0.2, 0.25) is 5.95 Å². The molecule has 0 radical (unpaired) electrons. The lowest BCUT2D eigenvalue weighted by Gasteiger charge is -2.34. The molecule has 0 spiro atoms. The van der Waals surface area contributed by atoms with Gasteiger partial charge in [-0.1, -0.05) is 0 Å². The van der Waals surface area contributed by atoms with Crippen LogP contribution in [0.3, 0.4) is 0 Å². The van der Waals surface area contributed by atoms with Crippen molar-refractivity contribution in [2.24, 2.45) is 0 Å². The molecule has 1 saturated heterocycles. The van der Waals surface area contributed by atoms with E-state index in [1.54, 1.807) is 18.3 Å². The van der Waals surface area contributed by atoms with Crippen LogP contribution in [0.25, 0.3) is 11.1 Å². The Hall–Kier alpha value is -1.74. The van der Waals surface area contributed by atoms with Crippen molar-refractivity contribution in [1.29, 1.82) is 0 Å². The van der Waals surface area contributed by atoms with E-state index in [2.05, 4.69) is 9.97 Å². The number of aliphatic hydroxyl groups is 3. The fourth-order valence-electron chi connectivity index (χ4n) is 2.20. The highest BCUT2D eigenvalue weighted by Gasteiger charge is 2.38. The predicted molar refractivity (Wildman–Crippen MR) is 82.3 cm³/mol. The number of hydrogen-bond donors (Lipinski definition) is 3. The molecule has 0 saturated carbocycles. The quantitative estimate of drug-likeness (QED) is 0.713. The topological polar surface area (TPSA) is 95.7 Å². The molecule has 1 fully saturated rings. The Kier molecular flexibility index (Phi) is 4.76. The molecule has 0 bridgehead atoms. The highest BCUT2D eigenvalue weighted by molar-refractivity contribution is 7.99. The van der Waals surface area contributed by atoms with Crippen molar-refractivity contribution in [3.05, 3.63) is 42.7 Å². The number of pyridine rings is 2. The molecule has 1 aliphatic heterocycles. The largest absolute Gasteiger partial charge is 0.475 e. The summed E-state index contributed by atoms with van der Waals surface area (Å²) < 4.78 is 18.5. The number of thioether (sulfide) groups is 1. The number of rotatable bonds is 3. The molecular formula is C15H15FN2O4S. The van der Waals surface area contributed by atoms with E-state index in [0.29, 0.717) is 16.9 Å². The third-order valence-corrected chi connectivity index (χ3v) is 4.72. The van der Waals surface area contributed by atoms with Crippen molar-refractivity contribution >= 4 is 11.8 Å². The van der Waals surface area contributed by atoms with Gasteiger partial charge in [0.1, 0.15) is 18.0 Å². The zero-order valence-electron chi connectivity index (χ0n) is 11.9. The van der Waals surface area contributed by atoms with E-state index in [4.69, 9.17) is 4.74 Å². The second-order valence-electron chi connectivity index (χ2n) is 5.15. The summed E-state index contributed by atoms with van der Waals surface area (Å²) in [7, 11) is 0. The van der Waals surface area contributed by atoms with Gasteiger partial charge in [0.15, 0.2) is 5.44 Å². The number of aliphatic hydroxyl groups excluding tert-OH is 3. The summed E-state index contributed by atoms with van der Waals surface area (Å²) in [5.74, 6) is 0.0908. The first-order chi connectivity index (χ1) is 11.0. The average molecular weight is 338 g/mol. The van der Waals surface area contributed by atoms with E-state index in [1.807, 2.05) is 0 Å². The van der Waals surface area contributed by atoms with Crippen LogP contribution in [0, 0.1) is 5.95 Å². The van der Waals surface area contributed by atoms with E-state index >= 15 is 0 Å². The van der Waals surface area contributed by atoms with Crippen molar-refractivity contribution in [2.45, 2.75) is 23.7 Å². The fraction of sp³-hybridized carbons (Fsp3) is 0.333. The van der Waals surface area contributed by atoms with Crippen LogP contribution in [-0.4, -0.2) is 54.8 Å². The minimum Gasteiger partial charge on any atom is -0.475 e. The first-order valence-electron chi connectivity index (χ1n) is 6.94. The Balaban J connectivity index is 1.76. The van der Waals surface area contributed by atoms with Crippen LogP contribution in [0.5, 0.6) is 5.75 Å². The van der Waals surface area contributed by atoms with Crippen LogP contribution in [-0.2, 0) is 0 Å². The Morgan fingerprint density at radius 1 is 1.09 bits per heavy atom. The second kappa shape index (κ2) is 6.79. The van der Waals surface area contributed by atoms with E-state index in [0.717, 1.165) is 0 Å². The molecule has 4 atom stereocenters. The molecule has 122 valence electrons. The summed E-state index contributed by atoms with van der Waals surface area (Å²) in [6, 6.07) is 4.52. The zero-order chi connectivity index (χ0) is 16.4. The van der Waals surface area contributed by atoms with Crippen molar-refractivity contribution in [3.8, 4) is 16.9 Å². The van der Waals surface area contributed by atoms with E-state index in [-0.39, 0.29) is 5.75 Å². The number of halogens is 1. The summed E-state index contributed by atoms with van der Waals surface area (Å²) in [6.07, 6.45) is 1.01. The minimum atomic E-state index is -1.25. The Morgan fingerprint density at radius 3 is 2.65 bits per heavy atom. The van der Waals surface area contributed by atoms with Crippen molar-refractivity contribution in [2.75, 3.05) is 5.75 Å². The van der Waals surface area contributed by atoms with Gasteiger partial charge >= 0.3 is 0 Å². The smallest absolute Gasteiger partial charge is 0.212 e. The van der Waals surface area contributed by atoms with Gasteiger partial charge in [-0.2, -0.15) is 4.39 Å². The highest BCUT2D eigenvalue weighted by Crippen LogP contribution is 2.30. The van der Waals surface area contributed by atoms with Crippen LogP contribution in [0.2, 0.25) is 0 Å². The summed E-state index contributed by atoms with van der Waals surface area (Å²) in [5, 5.41) is 29.2. The van der Waals surface area contributed by atoms with Gasteiger partial charge in [-0.3, -0.25) is 4.98 Å². The molecule has 3 heterocycles. The van der Waals surface area contributed by atoms with Crippen LogP contribution in [0.4, 0.5) is 4.39 Å². The maximum absolute atomic E-state index is 12.9. The molecule has 0 unspecified atom stereocenters. The van der Waals surface area contributed by atoms with Crippen LogP contribution >= 0.6 is 11.8 Å². The Morgan fingerprint density at radius 2 is 1.91 bits per heavy atom. The van der Waals surface area contributed by atoms with Gasteiger partial charge in [0.25, 0.3) is 0 Å². The van der Waals surface area contributed by atoms with E-state index in [1.165, 1.54) is 30.2 Å². The van der Waals surface area contributed by atoms with Gasteiger partial charge < -0.3 is 20.1 Å². The van der Waals surface area contributed by atoms with Crippen molar-refractivity contribution in [3.63, 3.8) is 0 Å². The molecule has 2 aromatic heterocycles. The fourth-order valence-corrected chi connectivity index (χ4v) is 3.33. The third-order valence-electron chi connectivity index (χ3n) is 3.48. The maximum atomic E-state index is 12.9. The number of nitrogens with zero attached hydrogens (tertiary/aromatic N) is 2. The van der Waals surface area contributed by atoms with Gasteiger partial charge in [-0.15, -0.1) is 11.8 Å². The third kappa shape index (κ3) is 3.61. The predicted octanol–water partition coefficient (Wildman–Crippen LogP) is 0.817. The molecule has 3 rings (SSSR count). The second-order valence-corrected chi connectivity index (χ2v) is 6.28.